The van der Waals surface area contributed by atoms with Gasteiger partial charge in [0.15, 0.2) is 0 Å². The van der Waals surface area contributed by atoms with Gasteiger partial charge in [0.1, 0.15) is 0 Å². The van der Waals surface area contributed by atoms with E-state index in [1.165, 1.54) is 3.57 Å². The maximum absolute atomic E-state index is 5.40. The third-order valence-electron chi connectivity index (χ3n) is 2.99. The summed E-state index contributed by atoms with van der Waals surface area (Å²) in [6.07, 6.45) is 6.16. The van der Waals surface area contributed by atoms with Crippen molar-refractivity contribution in [1.29, 1.82) is 0 Å². The van der Waals surface area contributed by atoms with Gasteiger partial charge in [0.25, 0.3) is 0 Å². The fourth-order valence-corrected chi connectivity index (χ4v) is 2.80. The third kappa shape index (κ3) is 2.88. The van der Waals surface area contributed by atoms with Gasteiger partial charge in [-0.1, -0.05) is 0 Å². The standard InChI is InChI=1S/C10H15IN2OS/c11-9-5-12-13(6-9)7-10(8-15)1-3-14-4-2-10/h5-6,15H,1-4,7-8H2. The Kier molecular flexibility index (Phi) is 3.95. The van der Waals surface area contributed by atoms with Crippen LogP contribution in [0.5, 0.6) is 0 Å². The molecule has 1 saturated heterocycles. The van der Waals surface area contributed by atoms with E-state index in [9.17, 15) is 0 Å². The minimum absolute atomic E-state index is 0.274. The van der Waals surface area contributed by atoms with Gasteiger partial charge in [-0.3, -0.25) is 4.68 Å². The van der Waals surface area contributed by atoms with E-state index < -0.39 is 0 Å². The van der Waals surface area contributed by atoms with Gasteiger partial charge in [0.2, 0.25) is 0 Å². The molecule has 3 nitrogen and oxygen atoms in total. The van der Waals surface area contributed by atoms with Crippen LogP contribution in [0.4, 0.5) is 0 Å². The first kappa shape index (κ1) is 11.7. The molecule has 5 heteroatoms. The lowest BCUT2D eigenvalue weighted by molar-refractivity contribution is 0.0165. The van der Waals surface area contributed by atoms with E-state index in [1.54, 1.807) is 0 Å². The Labute approximate surface area is 109 Å². The van der Waals surface area contributed by atoms with Gasteiger partial charge in [-0.25, -0.2) is 0 Å². The number of hydrogen-bond donors (Lipinski definition) is 1. The highest BCUT2D eigenvalue weighted by Crippen LogP contribution is 2.33. The maximum atomic E-state index is 5.40. The summed E-state index contributed by atoms with van der Waals surface area (Å²) in [5.74, 6) is 0.910. The number of nitrogens with zero attached hydrogens (tertiary/aromatic N) is 2. The van der Waals surface area contributed by atoms with Crippen LogP contribution in [0.3, 0.4) is 0 Å². The Morgan fingerprint density at radius 1 is 1.53 bits per heavy atom. The van der Waals surface area contributed by atoms with Crippen molar-refractivity contribution >= 4 is 35.2 Å². The average molecular weight is 338 g/mol. The SMILES string of the molecule is SCC1(Cn2cc(I)cn2)CCOCC1. The monoisotopic (exact) mass is 338 g/mol. The second-order valence-corrected chi connectivity index (χ2v) is 5.69. The van der Waals surface area contributed by atoms with E-state index in [1.807, 2.05) is 10.9 Å². The van der Waals surface area contributed by atoms with Crippen molar-refractivity contribution in [2.75, 3.05) is 19.0 Å². The van der Waals surface area contributed by atoms with Gasteiger partial charge in [-0.05, 0) is 41.2 Å². The molecule has 1 fully saturated rings. The Bertz CT molecular complexity index is 323. The smallest absolute Gasteiger partial charge is 0.0623 e. The summed E-state index contributed by atoms with van der Waals surface area (Å²) >= 11 is 6.77. The van der Waals surface area contributed by atoms with Crippen molar-refractivity contribution in [3.8, 4) is 0 Å². The van der Waals surface area contributed by atoms with Crippen molar-refractivity contribution in [2.24, 2.45) is 5.41 Å². The fourth-order valence-electron chi connectivity index (χ4n) is 1.94. The van der Waals surface area contributed by atoms with Crippen LogP contribution in [0.15, 0.2) is 12.4 Å². The predicted molar refractivity (Wildman–Crippen MR) is 71.3 cm³/mol. The summed E-state index contributed by atoms with van der Waals surface area (Å²) in [7, 11) is 0. The predicted octanol–water partition coefficient (Wildman–Crippen LogP) is 2.21. The number of rotatable bonds is 3. The largest absolute Gasteiger partial charge is 0.381 e. The first-order chi connectivity index (χ1) is 7.24. The van der Waals surface area contributed by atoms with Crippen molar-refractivity contribution in [3.05, 3.63) is 16.0 Å². The number of ether oxygens (including phenoxy) is 1. The highest BCUT2D eigenvalue weighted by molar-refractivity contribution is 14.1. The highest BCUT2D eigenvalue weighted by atomic mass is 127. The molecule has 0 saturated carbocycles. The van der Waals surface area contributed by atoms with E-state index in [0.717, 1.165) is 38.4 Å². The fraction of sp³-hybridized carbons (Fsp3) is 0.700. The summed E-state index contributed by atoms with van der Waals surface area (Å²) < 4.78 is 8.62. The first-order valence-electron chi connectivity index (χ1n) is 5.11. The van der Waals surface area contributed by atoms with Gasteiger partial charge in [0, 0.05) is 31.4 Å². The molecule has 0 unspecified atom stereocenters. The van der Waals surface area contributed by atoms with E-state index in [-0.39, 0.29) is 5.41 Å². The van der Waals surface area contributed by atoms with Gasteiger partial charge in [0.05, 0.1) is 9.77 Å². The maximum Gasteiger partial charge on any atom is 0.0623 e. The molecule has 84 valence electrons. The van der Waals surface area contributed by atoms with Crippen molar-refractivity contribution < 1.29 is 4.74 Å². The van der Waals surface area contributed by atoms with E-state index in [4.69, 9.17) is 4.74 Å². The van der Waals surface area contributed by atoms with Crippen LogP contribution in [0.25, 0.3) is 0 Å². The highest BCUT2D eigenvalue weighted by Gasteiger charge is 2.31. The summed E-state index contributed by atoms with van der Waals surface area (Å²) in [5, 5.41) is 4.34. The molecule has 2 rings (SSSR count). The van der Waals surface area contributed by atoms with Crippen LogP contribution in [0.2, 0.25) is 0 Å². The normalized spacial score (nSPS) is 20.4. The summed E-state index contributed by atoms with van der Waals surface area (Å²) in [4.78, 5) is 0. The lowest BCUT2D eigenvalue weighted by Crippen LogP contribution is -2.35. The van der Waals surface area contributed by atoms with Crippen molar-refractivity contribution in [1.82, 2.24) is 9.78 Å². The Morgan fingerprint density at radius 2 is 2.27 bits per heavy atom. The van der Waals surface area contributed by atoms with Crippen LogP contribution in [-0.4, -0.2) is 28.7 Å². The van der Waals surface area contributed by atoms with E-state index in [0.29, 0.717) is 0 Å². The van der Waals surface area contributed by atoms with Gasteiger partial charge >= 0.3 is 0 Å². The zero-order valence-electron chi connectivity index (χ0n) is 8.53. The Morgan fingerprint density at radius 3 is 2.80 bits per heavy atom. The minimum Gasteiger partial charge on any atom is -0.381 e. The molecular formula is C10H15IN2OS. The van der Waals surface area contributed by atoms with Crippen molar-refractivity contribution in [2.45, 2.75) is 19.4 Å². The molecule has 1 aromatic heterocycles. The second-order valence-electron chi connectivity index (χ2n) is 4.13. The van der Waals surface area contributed by atoms with Gasteiger partial charge < -0.3 is 4.74 Å². The summed E-state index contributed by atoms with van der Waals surface area (Å²) in [6.45, 7) is 2.68. The number of hydrogen-bond acceptors (Lipinski definition) is 3. The molecular weight excluding hydrogens is 323 g/mol. The molecule has 0 N–H and O–H groups in total. The molecule has 0 aromatic carbocycles. The molecule has 1 aliphatic heterocycles. The zero-order chi connectivity index (χ0) is 10.7. The van der Waals surface area contributed by atoms with E-state index in [2.05, 4.69) is 46.5 Å². The van der Waals surface area contributed by atoms with Crippen molar-refractivity contribution in [3.63, 3.8) is 0 Å². The minimum atomic E-state index is 0.274. The average Bonchev–Trinajstić information content (AvgIpc) is 2.65. The van der Waals surface area contributed by atoms with Gasteiger partial charge in [-0.15, -0.1) is 0 Å². The zero-order valence-corrected chi connectivity index (χ0v) is 11.6. The van der Waals surface area contributed by atoms with Crippen LogP contribution < -0.4 is 0 Å². The molecule has 1 aliphatic rings. The lowest BCUT2D eigenvalue weighted by atomic mass is 9.82. The number of aromatic nitrogens is 2. The van der Waals surface area contributed by atoms with Crippen LogP contribution in [-0.2, 0) is 11.3 Å². The second kappa shape index (κ2) is 5.05. The molecule has 0 amide bonds. The molecule has 0 radical (unpaired) electrons. The first-order valence-corrected chi connectivity index (χ1v) is 6.82. The molecule has 0 atom stereocenters. The molecule has 2 heterocycles. The van der Waals surface area contributed by atoms with Crippen LogP contribution >= 0.6 is 35.2 Å². The Hall–Kier alpha value is 0.250. The molecule has 15 heavy (non-hydrogen) atoms. The van der Waals surface area contributed by atoms with Gasteiger partial charge in [-0.2, -0.15) is 17.7 Å². The van der Waals surface area contributed by atoms with Crippen LogP contribution in [0, 0.1) is 8.99 Å². The summed E-state index contributed by atoms with van der Waals surface area (Å²) in [5.41, 5.74) is 0.274. The third-order valence-corrected chi connectivity index (χ3v) is 4.22. The molecule has 1 aromatic rings. The molecule has 0 bridgehead atoms. The molecule has 0 spiro atoms. The number of halogens is 1. The topological polar surface area (TPSA) is 27.1 Å². The Balaban J connectivity index is 2.06. The molecule has 0 aliphatic carbocycles. The van der Waals surface area contributed by atoms with E-state index >= 15 is 0 Å². The quantitative estimate of drug-likeness (QED) is 0.676. The number of thiol groups is 1. The summed E-state index contributed by atoms with van der Waals surface area (Å²) in [6, 6.07) is 0. The lowest BCUT2D eigenvalue weighted by Gasteiger charge is -2.35. The van der Waals surface area contributed by atoms with Crippen LogP contribution in [0.1, 0.15) is 12.8 Å².